The van der Waals surface area contributed by atoms with Crippen LogP contribution in [0.15, 0.2) is 34.8 Å². The van der Waals surface area contributed by atoms with Crippen molar-refractivity contribution in [3.63, 3.8) is 0 Å². The quantitative estimate of drug-likeness (QED) is 0.605. The fourth-order valence-electron chi connectivity index (χ4n) is 3.92. The largest absolute Gasteiger partial charge is 0.493 e. The molecule has 1 heterocycles. The molecule has 0 atom stereocenters. The maximum Gasteiger partial charge on any atom is 0.226 e. The zero-order valence-corrected chi connectivity index (χ0v) is 18.8. The van der Waals surface area contributed by atoms with Crippen LogP contribution in [0, 0.1) is 20.8 Å². The first-order valence-corrected chi connectivity index (χ1v) is 10.7. The first kappa shape index (κ1) is 21.4. The average Bonchev–Trinajstić information content (AvgIpc) is 2.69. The summed E-state index contributed by atoms with van der Waals surface area (Å²) in [6, 6.07) is 9.71. The van der Waals surface area contributed by atoms with Crippen LogP contribution in [0.3, 0.4) is 0 Å². The van der Waals surface area contributed by atoms with Gasteiger partial charge in [0.2, 0.25) is 5.91 Å². The molecule has 0 N–H and O–H groups in total. The van der Waals surface area contributed by atoms with Crippen LogP contribution in [0.1, 0.15) is 33.5 Å². The Morgan fingerprint density at radius 3 is 2.28 bits per heavy atom. The second-order valence-electron chi connectivity index (χ2n) is 7.50. The van der Waals surface area contributed by atoms with Crippen LogP contribution >= 0.6 is 15.9 Å². The fraction of sp³-hybridized carbons (Fsp3) is 0.391. The van der Waals surface area contributed by atoms with E-state index in [4.69, 9.17) is 4.74 Å². The third kappa shape index (κ3) is 5.18. The summed E-state index contributed by atoms with van der Waals surface area (Å²) in [6.45, 7) is 9.43. The first-order chi connectivity index (χ1) is 13.9. The number of carbonyl (C=O) groups excluding carboxylic acids is 2. The molecule has 2 aromatic rings. The van der Waals surface area contributed by atoms with E-state index in [1.54, 1.807) is 0 Å². The molecule has 5 nitrogen and oxygen atoms in total. The minimum atomic E-state index is 0.129. The number of rotatable bonds is 6. The second-order valence-corrected chi connectivity index (χ2v) is 8.41. The summed E-state index contributed by atoms with van der Waals surface area (Å²) in [5, 5.41) is 0. The van der Waals surface area contributed by atoms with E-state index in [2.05, 4.69) is 20.8 Å². The first-order valence-electron chi connectivity index (χ1n) is 9.87. The van der Waals surface area contributed by atoms with Gasteiger partial charge in [-0.15, -0.1) is 0 Å². The summed E-state index contributed by atoms with van der Waals surface area (Å²) in [4.78, 5) is 27.9. The molecule has 29 heavy (non-hydrogen) atoms. The van der Waals surface area contributed by atoms with Gasteiger partial charge in [0.25, 0.3) is 0 Å². The highest BCUT2D eigenvalue weighted by Gasteiger charge is 2.23. The molecule has 0 unspecified atom stereocenters. The van der Waals surface area contributed by atoms with Gasteiger partial charge in [0.15, 0.2) is 0 Å². The molecule has 3 rings (SSSR count). The van der Waals surface area contributed by atoms with Gasteiger partial charge < -0.3 is 14.5 Å². The molecule has 2 aromatic carbocycles. The number of aryl methyl sites for hydroxylation is 3. The van der Waals surface area contributed by atoms with Gasteiger partial charge in [0.1, 0.15) is 12.0 Å². The summed E-state index contributed by atoms with van der Waals surface area (Å²) in [5.41, 5.74) is 5.14. The normalized spacial score (nSPS) is 14.1. The highest BCUT2D eigenvalue weighted by Crippen LogP contribution is 2.27. The van der Waals surface area contributed by atoms with Crippen LogP contribution in [-0.4, -0.2) is 49.9 Å². The molecule has 0 saturated carbocycles. The number of nitrogens with zero attached hydrogens (tertiary/aromatic N) is 2. The van der Waals surface area contributed by atoms with Gasteiger partial charge in [-0.3, -0.25) is 9.59 Å². The molecule has 6 heteroatoms. The van der Waals surface area contributed by atoms with Crippen molar-refractivity contribution in [1.29, 1.82) is 0 Å². The number of benzene rings is 2. The maximum absolute atomic E-state index is 12.6. The van der Waals surface area contributed by atoms with Crippen molar-refractivity contribution >= 4 is 33.8 Å². The Balaban J connectivity index is 1.51. The van der Waals surface area contributed by atoms with Gasteiger partial charge in [-0.25, -0.2) is 0 Å². The lowest BCUT2D eigenvalue weighted by Gasteiger charge is -2.37. The van der Waals surface area contributed by atoms with Crippen LogP contribution in [-0.2, 0) is 4.79 Å². The summed E-state index contributed by atoms with van der Waals surface area (Å²) < 4.78 is 6.81. The van der Waals surface area contributed by atoms with E-state index in [9.17, 15) is 9.59 Å². The number of carbonyl (C=O) groups is 2. The number of ether oxygens (including phenoxy) is 1. The van der Waals surface area contributed by atoms with Gasteiger partial charge >= 0.3 is 0 Å². The molecule has 0 bridgehead atoms. The Bertz CT molecular complexity index is 882. The van der Waals surface area contributed by atoms with E-state index < -0.39 is 0 Å². The molecule has 1 aliphatic rings. The van der Waals surface area contributed by atoms with Crippen molar-refractivity contribution in [2.24, 2.45) is 0 Å². The highest BCUT2D eigenvalue weighted by molar-refractivity contribution is 9.10. The molecule has 154 valence electrons. The van der Waals surface area contributed by atoms with Gasteiger partial charge in [-0.05, 0) is 67.8 Å². The predicted octanol–water partition coefficient (Wildman–Crippen LogP) is 4.30. The Labute approximate surface area is 180 Å². The van der Waals surface area contributed by atoms with Crippen molar-refractivity contribution in [2.75, 3.05) is 37.7 Å². The van der Waals surface area contributed by atoms with E-state index in [0.717, 1.165) is 46.3 Å². The highest BCUT2D eigenvalue weighted by atomic mass is 79.9. The van der Waals surface area contributed by atoms with E-state index in [-0.39, 0.29) is 5.91 Å². The van der Waals surface area contributed by atoms with E-state index in [1.165, 1.54) is 5.69 Å². The molecule has 0 radical (unpaired) electrons. The standard InChI is InChI=1S/C23H27BrN2O3/c1-16-14-20(24)4-5-21(16)29-11-6-22(28)25-7-9-26(10-8-25)23-17(2)12-19(15-27)13-18(23)3/h4-5,12-15H,6-11H2,1-3H3. The lowest BCUT2D eigenvalue weighted by atomic mass is 10.0. The van der Waals surface area contributed by atoms with Crippen LogP contribution in [0.4, 0.5) is 5.69 Å². The van der Waals surface area contributed by atoms with Crippen molar-refractivity contribution < 1.29 is 14.3 Å². The monoisotopic (exact) mass is 458 g/mol. The predicted molar refractivity (Wildman–Crippen MR) is 119 cm³/mol. The topological polar surface area (TPSA) is 49.9 Å². The van der Waals surface area contributed by atoms with Crippen molar-refractivity contribution in [2.45, 2.75) is 27.2 Å². The van der Waals surface area contributed by atoms with E-state index in [0.29, 0.717) is 31.7 Å². The lowest BCUT2D eigenvalue weighted by Crippen LogP contribution is -2.49. The molecule has 1 saturated heterocycles. The average molecular weight is 459 g/mol. The Kier molecular flexibility index (Phi) is 6.96. The van der Waals surface area contributed by atoms with Crippen LogP contribution < -0.4 is 9.64 Å². The van der Waals surface area contributed by atoms with E-state index in [1.807, 2.05) is 56.0 Å². The summed E-state index contributed by atoms with van der Waals surface area (Å²) in [6.07, 6.45) is 1.26. The van der Waals surface area contributed by atoms with Crippen LogP contribution in [0.25, 0.3) is 0 Å². The van der Waals surface area contributed by atoms with Crippen LogP contribution in [0.2, 0.25) is 0 Å². The van der Waals surface area contributed by atoms with Gasteiger partial charge in [0.05, 0.1) is 13.0 Å². The fourth-order valence-corrected chi connectivity index (χ4v) is 4.39. The molecule has 1 fully saturated rings. The zero-order chi connectivity index (χ0) is 21.0. The second kappa shape index (κ2) is 9.44. The van der Waals surface area contributed by atoms with Crippen molar-refractivity contribution in [3.8, 4) is 5.75 Å². The molecule has 0 aliphatic carbocycles. The summed E-state index contributed by atoms with van der Waals surface area (Å²) >= 11 is 3.44. The molecule has 0 aromatic heterocycles. The number of halogens is 1. The Morgan fingerprint density at radius 2 is 1.69 bits per heavy atom. The molecular weight excluding hydrogens is 432 g/mol. The Hall–Kier alpha value is -2.34. The number of hydrogen-bond donors (Lipinski definition) is 0. The number of amides is 1. The van der Waals surface area contributed by atoms with E-state index >= 15 is 0 Å². The third-order valence-electron chi connectivity index (χ3n) is 5.31. The lowest BCUT2D eigenvalue weighted by molar-refractivity contribution is -0.132. The molecule has 0 spiro atoms. The van der Waals surface area contributed by atoms with Gasteiger partial charge in [0, 0.05) is 41.9 Å². The summed E-state index contributed by atoms with van der Waals surface area (Å²) in [7, 11) is 0. The number of aldehydes is 1. The van der Waals surface area contributed by atoms with Crippen molar-refractivity contribution in [3.05, 3.63) is 57.1 Å². The molecule has 1 aliphatic heterocycles. The number of anilines is 1. The Morgan fingerprint density at radius 1 is 1.03 bits per heavy atom. The molecular formula is C23H27BrN2O3. The van der Waals surface area contributed by atoms with Gasteiger partial charge in [-0.2, -0.15) is 0 Å². The SMILES string of the molecule is Cc1cc(Br)ccc1OCCC(=O)N1CCN(c2c(C)cc(C=O)cc2C)CC1. The third-order valence-corrected chi connectivity index (χ3v) is 5.80. The van der Waals surface area contributed by atoms with Crippen LogP contribution in [0.5, 0.6) is 5.75 Å². The minimum absolute atomic E-state index is 0.129. The number of piperazine rings is 1. The van der Waals surface area contributed by atoms with Gasteiger partial charge in [-0.1, -0.05) is 15.9 Å². The van der Waals surface area contributed by atoms with Crippen molar-refractivity contribution in [1.82, 2.24) is 4.90 Å². The smallest absolute Gasteiger partial charge is 0.226 e. The summed E-state index contributed by atoms with van der Waals surface area (Å²) in [5.74, 6) is 0.944. The minimum Gasteiger partial charge on any atom is -0.493 e. The number of hydrogen-bond acceptors (Lipinski definition) is 4. The maximum atomic E-state index is 12.6. The molecule has 1 amide bonds. The zero-order valence-electron chi connectivity index (χ0n) is 17.2.